The fraction of sp³-hybridized carbons (Fsp3) is 0.368. The van der Waals surface area contributed by atoms with E-state index in [2.05, 4.69) is 5.32 Å². The molecule has 1 amide bonds. The smallest absolute Gasteiger partial charge is 0.287 e. The third kappa shape index (κ3) is 2.99. The number of hydrogen-bond acceptors (Lipinski definition) is 4. The second-order valence-electron chi connectivity index (χ2n) is 6.49. The number of aliphatic imine (C=N–C) groups is 1. The largest absolute Gasteiger partial charge is 0.455 e. The lowest BCUT2D eigenvalue weighted by molar-refractivity contribution is 0.0920. The summed E-state index contributed by atoms with van der Waals surface area (Å²) in [6.45, 7) is 4.31. The quantitative estimate of drug-likeness (QED) is 0.896. The number of rotatable bonds is 3. The first-order chi connectivity index (χ1) is 12.0. The second kappa shape index (κ2) is 6.33. The number of fused-ring (bicyclic) bond motifs is 3. The molecule has 0 unspecified atom stereocenters. The van der Waals surface area contributed by atoms with Crippen LogP contribution in [0.4, 0.5) is 4.39 Å². The van der Waals surface area contributed by atoms with Crippen molar-refractivity contribution in [3.05, 3.63) is 58.3 Å². The first-order valence-corrected chi connectivity index (χ1v) is 9.26. The van der Waals surface area contributed by atoms with Gasteiger partial charge in [0, 0.05) is 29.3 Å². The highest BCUT2D eigenvalue weighted by Gasteiger charge is 2.39. The zero-order chi connectivity index (χ0) is 17.6. The summed E-state index contributed by atoms with van der Waals surface area (Å²) in [5, 5.41) is 4.42. The van der Waals surface area contributed by atoms with Crippen LogP contribution in [0.2, 0.25) is 0 Å². The summed E-state index contributed by atoms with van der Waals surface area (Å²) in [5.74, 6) is 0.742. The Balaban J connectivity index is 1.54. The molecule has 1 N–H and O–H groups in total. The van der Waals surface area contributed by atoms with Crippen molar-refractivity contribution in [1.29, 1.82) is 0 Å². The van der Waals surface area contributed by atoms with Gasteiger partial charge in [-0.3, -0.25) is 9.79 Å². The average Bonchev–Trinajstić information content (AvgIpc) is 3.13. The van der Waals surface area contributed by atoms with Crippen molar-refractivity contribution in [1.82, 2.24) is 5.32 Å². The van der Waals surface area contributed by atoms with E-state index in [-0.39, 0.29) is 17.8 Å². The highest BCUT2D eigenvalue weighted by atomic mass is 32.2. The van der Waals surface area contributed by atoms with Gasteiger partial charge in [0.05, 0.1) is 11.1 Å². The van der Waals surface area contributed by atoms with E-state index in [1.54, 1.807) is 12.1 Å². The van der Waals surface area contributed by atoms with E-state index >= 15 is 0 Å². The van der Waals surface area contributed by atoms with Crippen LogP contribution in [0, 0.1) is 12.7 Å². The maximum absolute atomic E-state index is 13.0. The van der Waals surface area contributed by atoms with E-state index < -0.39 is 0 Å². The summed E-state index contributed by atoms with van der Waals surface area (Å²) >= 11 is 1.83. The number of nitrogens with zero attached hydrogens (tertiary/aromatic N) is 1. The number of benzene rings is 1. The van der Waals surface area contributed by atoms with Gasteiger partial charge < -0.3 is 9.73 Å². The molecule has 1 aliphatic carbocycles. The van der Waals surface area contributed by atoms with Gasteiger partial charge in [-0.2, -0.15) is 0 Å². The van der Waals surface area contributed by atoms with Gasteiger partial charge in [-0.25, -0.2) is 4.39 Å². The zero-order valence-corrected chi connectivity index (χ0v) is 15.0. The molecule has 0 saturated carbocycles. The van der Waals surface area contributed by atoms with Crippen LogP contribution >= 0.6 is 11.8 Å². The van der Waals surface area contributed by atoms with Crippen molar-refractivity contribution in [2.24, 2.45) is 4.99 Å². The normalized spacial score (nSPS) is 21.5. The molecule has 4 rings (SSSR count). The molecule has 0 radical (unpaired) electrons. The summed E-state index contributed by atoms with van der Waals surface area (Å²) in [5.41, 5.74) is 2.82. The van der Waals surface area contributed by atoms with Crippen LogP contribution in [0.1, 0.15) is 52.4 Å². The van der Waals surface area contributed by atoms with Crippen molar-refractivity contribution in [3.63, 3.8) is 0 Å². The zero-order valence-electron chi connectivity index (χ0n) is 14.1. The molecule has 2 aromatic rings. The van der Waals surface area contributed by atoms with Gasteiger partial charge in [0.1, 0.15) is 11.6 Å². The number of thioether (sulfide) groups is 1. The fourth-order valence-electron chi connectivity index (χ4n) is 3.57. The van der Waals surface area contributed by atoms with Crippen molar-refractivity contribution in [2.45, 2.75) is 44.5 Å². The van der Waals surface area contributed by atoms with Gasteiger partial charge in [-0.15, -0.1) is 11.8 Å². The van der Waals surface area contributed by atoms with E-state index in [9.17, 15) is 9.18 Å². The van der Waals surface area contributed by atoms with Crippen molar-refractivity contribution in [2.75, 3.05) is 0 Å². The maximum Gasteiger partial charge on any atom is 0.287 e. The summed E-state index contributed by atoms with van der Waals surface area (Å²) in [6, 6.07) is 6.20. The first-order valence-electron chi connectivity index (χ1n) is 8.39. The lowest BCUT2D eigenvalue weighted by Gasteiger charge is -2.22. The molecule has 2 heterocycles. The maximum atomic E-state index is 13.0. The summed E-state index contributed by atoms with van der Waals surface area (Å²) in [4.78, 5) is 17.3. The van der Waals surface area contributed by atoms with Gasteiger partial charge >= 0.3 is 0 Å². The first kappa shape index (κ1) is 16.4. The number of furan rings is 1. The molecule has 2 aliphatic rings. The van der Waals surface area contributed by atoms with Gasteiger partial charge in [0.2, 0.25) is 0 Å². The molecule has 1 aliphatic heterocycles. The van der Waals surface area contributed by atoms with Gasteiger partial charge in [0.15, 0.2) is 5.76 Å². The average molecular weight is 358 g/mol. The van der Waals surface area contributed by atoms with Crippen molar-refractivity contribution < 1.29 is 13.6 Å². The second-order valence-corrected chi connectivity index (χ2v) is 7.92. The number of halogens is 1. The highest BCUT2D eigenvalue weighted by molar-refractivity contribution is 8.14. The monoisotopic (exact) mass is 358 g/mol. The van der Waals surface area contributed by atoms with Gasteiger partial charge in [0.25, 0.3) is 5.91 Å². The minimum atomic E-state index is -0.288. The Labute approximate surface area is 149 Å². The third-order valence-corrected chi connectivity index (χ3v) is 6.03. The Morgan fingerprint density at radius 1 is 1.36 bits per heavy atom. The summed E-state index contributed by atoms with van der Waals surface area (Å²) in [7, 11) is 0. The molecule has 0 bridgehead atoms. The molecular formula is C19H19FN2O2S. The number of amides is 1. The Bertz CT molecular complexity index is 857. The van der Waals surface area contributed by atoms with Crippen LogP contribution < -0.4 is 5.32 Å². The number of aryl methyl sites for hydroxylation is 1. The molecule has 0 spiro atoms. The SMILES string of the molecule is CC1=N[C@H]2c3c(oc(C(=O)NCc4ccc(F)cc4)c3C)CC[C@@H]2S1. The molecule has 2 atom stereocenters. The predicted octanol–water partition coefficient (Wildman–Crippen LogP) is 4.18. The molecule has 4 nitrogen and oxygen atoms in total. The minimum Gasteiger partial charge on any atom is -0.455 e. The lowest BCUT2D eigenvalue weighted by Crippen LogP contribution is -2.23. The molecule has 1 aromatic heterocycles. The summed E-state index contributed by atoms with van der Waals surface area (Å²) < 4.78 is 18.9. The standard InChI is InChI=1S/C19H19FN2O2S/c1-10-16-14(7-8-15-17(16)22-11(2)25-15)24-18(10)19(23)21-9-12-3-5-13(20)6-4-12/h3-6,15,17H,7-9H2,1-2H3,(H,21,23)/t15-,17+/m0/s1. The molecule has 25 heavy (non-hydrogen) atoms. The van der Waals surface area contributed by atoms with Crippen molar-refractivity contribution >= 4 is 22.7 Å². The van der Waals surface area contributed by atoms with Crippen molar-refractivity contribution in [3.8, 4) is 0 Å². The van der Waals surface area contributed by atoms with E-state index in [0.29, 0.717) is 17.6 Å². The number of nitrogens with one attached hydrogen (secondary N) is 1. The number of hydrogen-bond donors (Lipinski definition) is 1. The van der Waals surface area contributed by atoms with E-state index in [4.69, 9.17) is 9.41 Å². The van der Waals surface area contributed by atoms with Crippen LogP contribution in [0.5, 0.6) is 0 Å². The van der Waals surface area contributed by atoms with Crippen LogP contribution in [-0.2, 0) is 13.0 Å². The fourth-order valence-corrected chi connectivity index (χ4v) is 4.75. The predicted molar refractivity (Wildman–Crippen MR) is 96.6 cm³/mol. The van der Waals surface area contributed by atoms with E-state index in [0.717, 1.165) is 40.3 Å². The highest BCUT2D eigenvalue weighted by Crippen LogP contribution is 2.47. The molecule has 1 aromatic carbocycles. The lowest BCUT2D eigenvalue weighted by atomic mass is 9.90. The van der Waals surface area contributed by atoms with Crippen LogP contribution in [0.25, 0.3) is 0 Å². The Morgan fingerprint density at radius 2 is 2.12 bits per heavy atom. The number of carbonyl (C=O) groups excluding carboxylic acids is 1. The Hall–Kier alpha value is -2.08. The minimum absolute atomic E-state index is 0.108. The van der Waals surface area contributed by atoms with Crippen LogP contribution in [-0.4, -0.2) is 16.2 Å². The molecule has 0 saturated heterocycles. The van der Waals surface area contributed by atoms with Crippen LogP contribution in [0.3, 0.4) is 0 Å². The third-order valence-electron chi connectivity index (χ3n) is 4.79. The molecule has 6 heteroatoms. The Morgan fingerprint density at radius 3 is 2.88 bits per heavy atom. The summed E-state index contributed by atoms with van der Waals surface area (Å²) in [6.07, 6.45) is 1.87. The van der Waals surface area contributed by atoms with E-state index in [1.165, 1.54) is 12.1 Å². The molecule has 0 fully saturated rings. The van der Waals surface area contributed by atoms with Crippen LogP contribution in [0.15, 0.2) is 33.7 Å². The Kier molecular flexibility index (Phi) is 4.15. The molecule has 130 valence electrons. The molecular weight excluding hydrogens is 339 g/mol. The van der Waals surface area contributed by atoms with Gasteiger partial charge in [-0.05, 0) is 38.0 Å². The van der Waals surface area contributed by atoms with Gasteiger partial charge in [-0.1, -0.05) is 12.1 Å². The topological polar surface area (TPSA) is 54.6 Å². The van der Waals surface area contributed by atoms with E-state index in [1.807, 2.05) is 25.6 Å². The number of carbonyl (C=O) groups is 1.